The lowest BCUT2D eigenvalue weighted by Crippen LogP contribution is -2.31. The number of nitrogens with zero attached hydrogens (tertiary/aromatic N) is 5. The van der Waals surface area contributed by atoms with Crippen LogP contribution < -0.4 is 5.32 Å². The molecule has 3 heterocycles. The largest absolute Gasteiger partial charge is 0.365 e. The van der Waals surface area contributed by atoms with Crippen LogP contribution in [0.5, 0.6) is 0 Å². The fourth-order valence-electron chi connectivity index (χ4n) is 3.42. The Bertz CT molecular complexity index is 679. The van der Waals surface area contributed by atoms with Gasteiger partial charge < -0.3 is 5.32 Å². The number of halogens is 1. The van der Waals surface area contributed by atoms with E-state index in [0.29, 0.717) is 12.1 Å². The van der Waals surface area contributed by atoms with Gasteiger partial charge in [-0.25, -0.2) is 14.6 Å². The van der Waals surface area contributed by atoms with Crippen LogP contribution in [0.4, 0.5) is 5.82 Å². The molecule has 2 aromatic rings. The predicted molar refractivity (Wildman–Crippen MR) is 85.2 cm³/mol. The molecule has 0 amide bonds. The zero-order valence-electron chi connectivity index (χ0n) is 12.3. The van der Waals surface area contributed by atoms with Crippen molar-refractivity contribution >= 4 is 32.8 Å². The van der Waals surface area contributed by atoms with Gasteiger partial charge in [-0.2, -0.15) is 5.10 Å². The van der Waals surface area contributed by atoms with Gasteiger partial charge in [0.25, 0.3) is 0 Å². The number of nitrogens with one attached hydrogen (secondary N) is 1. The molecular formula is C14H19BrN6. The summed E-state index contributed by atoms with van der Waals surface area (Å²) in [5.74, 6) is 0.884. The first kappa shape index (κ1) is 13.5. The smallest absolute Gasteiger partial charge is 0.164 e. The Morgan fingerprint density at radius 3 is 2.90 bits per heavy atom. The van der Waals surface area contributed by atoms with E-state index in [4.69, 9.17) is 0 Å². The van der Waals surface area contributed by atoms with Gasteiger partial charge in [-0.15, -0.1) is 0 Å². The predicted octanol–water partition coefficient (Wildman–Crippen LogP) is 2.16. The first-order valence-electron chi connectivity index (χ1n) is 7.49. The Hall–Kier alpha value is -1.21. The third kappa shape index (κ3) is 2.32. The van der Waals surface area contributed by atoms with E-state index in [0.717, 1.165) is 34.0 Å². The molecule has 1 N–H and O–H groups in total. The highest BCUT2D eigenvalue weighted by Crippen LogP contribution is 2.35. The normalized spacial score (nSPS) is 26.6. The summed E-state index contributed by atoms with van der Waals surface area (Å²) in [6.45, 7) is 3.44. The Morgan fingerprint density at radius 1 is 1.33 bits per heavy atom. The molecular weight excluding hydrogens is 332 g/mol. The number of anilines is 1. The van der Waals surface area contributed by atoms with Crippen molar-refractivity contribution in [3.63, 3.8) is 0 Å². The minimum atomic E-state index is 0.450. The first-order valence-corrected chi connectivity index (χ1v) is 8.28. The third-order valence-electron chi connectivity index (χ3n) is 4.56. The van der Waals surface area contributed by atoms with Gasteiger partial charge in [0.05, 0.1) is 5.39 Å². The molecule has 0 aromatic carbocycles. The number of fused-ring (bicyclic) bond motifs is 1. The van der Waals surface area contributed by atoms with E-state index in [9.17, 15) is 0 Å². The van der Waals surface area contributed by atoms with Crippen molar-refractivity contribution in [1.82, 2.24) is 24.6 Å². The van der Waals surface area contributed by atoms with E-state index >= 15 is 0 Å². The van der Waals surface area contributed by atoms with Crippen molar-refractivity contribution in [2.45, 2.75) is 44.3 Å². The second-order valence-electron chi connectivity index (χ2n) is 6.19. The third-order valence-corrected chi connectivity index (χ3v) is 5.11. The van der Waals surface area contributed by atoms with Crippen molar-refractivity contribution in [2.24, 2.45) is 7.05 Å². The van der Waals surface area contributed by atoms with Crippen LogP contribution >= 0.6 is 15.9 Å². The lowest BCUT2D eigenvalue weighted by atomic mass is 10.2. The Balaban J connectivity index is 1.60. The van der Waals surface area contributed by atoms with Gasteiger partial charge in [0, 0.05) is 31.7 Å². The van der Waals surface area contributed by atoms with Crippen molar-refractivity contribution < 1.29 is 0 Å². The van der Waals surface area contributed by atoms with Crippen molar-refractivity contribution in [3.05, 3.63) is 10.9 Å². The van der Waals surface area contributed by atoms with Crippen molar-refractivity contribution in [2.75, 3.05) is 11.9 Å². The molecule has 1 saturated carbocycles. The van der Waals surface area contributed by atoms with Gasteiger partial charge >= 0.3 is 0 Å². The molecule has 2 fully saturated rings. The van der Waals surface area contributed by atoms with Gasteiger partial charge in [0.1, 0.15) is 16.7 Å². The lowest BCUT2D eigenvalue weighted by molar-refractivity contribution is 0.257. The topological polar surface area (TPSA) is 58.9 Å². The minimum absolute atomic E-state index is 0.450. The maximum absolute atomic E-state index is 4.43. The molecule has 2 unspecified atom stereocenters. The molecule has 4 rings (SSSR count). The standard InChI is InChI=1S/C14H19BrN6/c1-8-5-9(6-21(8)10-3-4-10)18-13-11-12(15)19-20(2)14(11)17-7-16-13/h7-10H,3-6H2,1-2H3,(H,16,17,18). The van der Waals surface area contributed by atoms with Crippen LogP contribution in [0.15, 0.2) is 10.9 Å². The molecule has 0 bridgehead atoms. The summed E-state index contributed by atoms with van der Waals surface area (Å²) in [5.41, 5.74) is 0.851. The highest BCUT2D eigenvalue weighted by atomic mass is 79.9. The molecule has 6 nitrogen and oxygen atoms in total. The van der Waals surface area contributed by atoms with E-state index in [2.05, 4.69) is 48.1 Å². The highest BCUT2D eigenvalue weighted by Gasteiger charge is 2.39. The first-order chi connectivity index (χ1) is 10.1. The fraction of sp³-hybridized carbons (Fsp3) is 0.643. The zero-order chi connectivity index (χ0) is 14.6. The number of hydrogen-bond acceptors (Lipinski definition) is 5. The van der Waals surface area contributed by atoms with Crippen LogP contribution in [-0.2, 0) is 7.05 Å². The number of aryl methyl sites for hydroxylation is 1. The van der Waals surface area contributed by atoms with E-state index in [1.807, 2.05) is 7.05 Å². The van der Waals surface area contributed by atoms with Gasteiger partial charge in [0.15, 0.2) is 5.65 Å². The maximum atomic E-state index is 4.43. The van der Waals surface area contributed by atoms with Crippen molar-refractivity contribution in [1.29, 1.82) is 0 Å². The van der Waals surface area contributed by atoms with E-state index in [1.165, 1.54) is 19.3 Å². The number of likely N-dealkylation sites (tertiary alicyclic amines) is 1. The van der Waals surface area contributed by atoms with Crippen LogP contribution in [0.1, 0.15) is 26.2 Å². The minimum Gasteiger partial charge on any atom is -0.365 e. The average molecular weight is 351 g/mol. The van der Waals surface area contributed by atoms with Crippen LogP contribution in [0.3, 0.4) is 0 Å². The highest BCUT2D eigenvalue weighted by molar-refractivity contribution is 9.10. The fourth-order valence-corrected chi connectivity index (χ4v) is 4.02. The van der Waals surface area contributed by atoms with E-state index in [-0.39, 0.29) is 0 Å². The average Bonchev–Trinajstić information content (AvgIpc) is 3.16. The number of aromatic nitrogens is 4. The molecule has 0 spiro atoms. The molecule has 7 heteroatoms. The molecule has 1 aliphatic heterocycles. The van der Waals surface area contributed by atoms with Crippen molar-refractivity contribution in [3.8, 4) is 0 Å². The summed E-state index contributed by atoms with van der Waals surface area (Å²) in [6.07, 6.45) is 5.50. The van der Waals surface area contributed by atoms with Crippen LogP contribution in [-0.4, -0.2) is 49.3 Å². The molecule has 2 aliphatic rings. The Labute approximate surface area is 132 Å². The SMILES string of the molecule is CC1CC(Nc2ncnc3c2c(Br)nn3C)CN1C1CC1. The monoisotopic (exact) mass is 350 g/mol. The Kier molecular flexibility index (Phi) is 3.15. The van der Waals surface area contributed by atoms with Gasteiger partial charge in [-0.1, -0.05) is 0 Å². The number of rotatable bonds is 3. The summed E-state index contributed by atoms with van der Waals surface area (Å²) < 4.78 is 2.58. The molecule has 1 saturated heterocycles. The maximum Gasteiger partial charge on any atom is 0.164 e. The second-order valence-corrected chi connectivity index (χ2v) is 6.94. The van der Waals surface area contributed by atoms with Gasteiger partial charge in [-0.05, 0) is 42.1 Å². The summed E-state index contributed by atoms with van der Waals surface area (Å²) in [4.78, 5) is 11.4. The Morgan fingerprint density at radius 2 is 2.14 bits per heavy atom. The summed E-state index contributed by atoms with van der Waals surface area (Å²) >= 11 is 3.51. The molecule has 2 aromatic heterocycles. The van der Waals surface area contributed by atoms with Gasteiger partial charge in [0.2, 0.25) is 0 Å². The molecule has 2 atom stereocenters. The number of hydrogen-bond donors (Lipinski definition) is 1. The van der Waals surface area contributed by atoms with Crippen LogP contribution in [0, 0.1) is 0 Å². The van der Waals surface area contributed by atoms with Crippen LogP contribution in [0.25, 0.3) is 11.0 Å². The van der Waals surface area contributed by atoms with Gasteiger partial charge in [-0.3, -0.25) is 4.90 Å². The molecule has 0 radical (unpaired) electrons. The quantitative estimate of drug-likeness (QED) is 0.919. The molecule has 1 aliphatic carbocycles. The van der Waals surface area contributed by atoms with E-state index < -0.39 is 0 Å². The second kappa shape index (κ2) is 4.91. The summed E-state index contributed by atoms with van der Waals surface area (Å²) in [5, 5.41) is 8.95. The van der Waals surface area contributed by atoms with E-state index in [1.54, 1.807) is 11.0 Å². The molecule has 21 heavy (non-hydrogen) atoms. The zero-order valence-corrected chi connectivity index (χ0v) is 13.8. The summed E-state index contributed by atoms with van der Waals surface area (Å²) in [6, 6.07) is 1.93. The lowest BCUT2D eigenvalue weighted by Gasteiger charge is -2.19. The molecule has 112 valence electrons. The van der Waals surface area contributed by atoms with Crippen LogP contribution in [0.2, 0.25) is 0 Å². The summed E-state index contributed by atoms with van der Waals surface area (Å²) in [7, 11) is 1.90.